The number of nitrogen functional groups attached to an aromatic ring is 1. The van der Waals surface area contributed by atoms with Crippen LogP contribution in [0.25, 0.3) is 0 Å². The van der Waals surface area contributed by atoms with E-state index >= 15 is 0 Å². The van der Waals surface area contributed by atoms with E-state index in [1.807, 2.05) is 0 Å². The first kappa shape index (κ1) is 13.3. The van der Waals surface area contributed by atoms with Crippen molar-refractivity contribution < 1.29 is 19.0 Å². The smallest absolute Gasteiger partial charge is 0.338 e. The summed E-state index contributed by atoms with van der Waals surface area (Å²) in [6.07, 6.45) is 1.27. The molecule has 2 aromatic rings. The van der Waals surface area contributed by atoms with Gasteiger partial charge in [0.05, 0.1) is 10.0 Å². The van der Waals surface area contributed by atoms with Gasteiger partial charge in [-0.1, -0.05) is 0 Å². The molecule has 0 atom stereocenters. The van der Waals surface area contributed by atoms with Gasteiger partial charge in [0.25, 0.3) is 0 Å². The van der Waals surface area contributed by atoms with Crippen LogP contribution in [0.15, 0.2) is 34.9 Å². The van der Waals surface area contributed by atoms with Crippen molar-refractivity contribution in [3.05, 3.63) is 46.3 Å². The number of rotatable bonds is 3. The molecule has 0 aliphatic rings. The molecule has 0 saturated carbocycles. The van der Waals surface area contributed by atoms with Crippen molar-refractivity contribution in [1.82, 2.24) is 4.98 Å². The van der Waals surface area contributed by atoms with Crippen molar-refractivity contribution in [1.29, 1.82) is 0 Å². The van der Waals surface area contributed by atoms with Crippen LogP contribution in [-0.2, 0) is 0 Å². The van der Waals surface area contributed by atoms with Gasteiger partial charge in [-0.3, -0.25) is 0 Å². The number of aromatic carboxylic acids is 1. The van der Waals surface area contributed by atoms with Gasteiger partial charge < -0.3 is 15.6 Å². The zero-order valence-corrected chi connectivity index (χ0v) is 11.0. The number of aromatic nitrogens is 1. The van der Waals surface area contributed by atoms with E-state index < -0.39 is 11.8 Å². The van der Waals surface area contributed by atoms with Crippen LogP contribution in [0.2, 0.25) is 0 Å². The monoisotopic (exact) mass is 326 g/mol. The summed E-state index contributed by atoms with van der Waals surface area (Å²) < 4.78 is 18.6. The van der Waals surface area contributed by atoms with Crippen LogP contribution in [0.5, 0.6) is 11.6 Å². The molecule has 7 heteroatoms. The first-order valence-corrected chi connectivity index (χ1v) is 5.89. The van der Waals surface area contributed by atoms with Gasteiger partial charge in [0, 0.05) is 6.20 Å². The van der Waals surface area contributed by atoms with Crippen molar-refractivity contribution in [2.75, 3.05) is 5.73 Å². The zero-order valence-electron chi connectivity index (χ0n) is 9.43. The van der Waals surface area contributed by atoms with Crippen molar-refractivity contribution in [3.8, 4) is 11.6 Å². The number of hydrogen-bond acceptors (Lipinski definition) is 4. The van der Waals surface area contributed by atoms with Crippen molar-refractivity contribution >= 4 is 27.6 Å². The van der Waals surface area contributed by atoms with Gasteiger partial charge >= 0.3 is 5.97 Å². The summed E-state index contributed by atoms with van der Waals surface area (Å²) in [5, 5.41) is 8.92. The van der Waals surface area contributed by atoms with Crippen LogP contribution in [0.4, 0.5) is 10.1 Å². The number of benzene rings is 1. The summed E-state index contributed by atoms with van der Waals surface area (Å²) in [5.74, 6) is -1.37. The fourth-order valence-electron chi connectivity index (χ4n) is 1.37. The van der Waals surface area contributed by atoms with E-state index in [1.165, 1.54) is 30.5 Å². The lowest BCUT2D eigenvalue weighted by atomic mass is 10.2. The fourth-order valence-corrected chi connectivity index (χ4v) is 1.73. The highest BCUT2D eigenvalue weighted by atomic mass is 79.9. The van der Waals surface area contributed by atoms with Crippen molar-refractivity contribution in [3.63, 3.8) is 0 Å². The molecule has 0 amide bonds. The van der Waals surface area contributed by atoms with Crippen LogP contribution in [0.3, 0.4) is 0 Å². The second kappa shape index (κ2) is 5.23. The lowest BCUT2D eigenvalue weighted by Crippen LogP contribution is -2.05. The highest BCUT2D eigenvalue weighted by Gasteiger charge is 2.14. The van der Waals surface area contributed by atoms with E-state index in [-0.39, 0.29) is 27.4 Å². The fraction of sp³-hybridized carbons (Fsp3) is 0. The Balaban J connectivity index is 2.35. The van der Waals surface area contributed by atoms with E-state index in [2.05, 4.69) is 20.9 Å². The van der Waals surface area contributed by atoms with Gasteiger partial charge in [0.1, 0.15) is 17.3 Å². The molecule has 5 nitrogen and oxygen atoms in total. The first-order valence-electron chi connectivity index (χ1n) is 5.09. The molecule has 3 N–H and O–H groups in total. The number of anilines is 1. The Labute approximate surface area is 116 Å². The molecule has 1 aromatic carbocycles. The number of hydrogen-bond donors (Lipinski definition) is 2. The molecule has 0 aliphatic carbocycles. The highest BCUT2D eigenvalue weighted by Crippen LogP contribution is 2.29. The Morgan fingerprint density at radius 1 is 1.42 bits per heavy atom. The quantitative estimate of drug-likeness (QED) is 0.905. The van der Waals surface area contributed by atoms with Gasteiger partial charge in [-0.05, 0) is 40.2 Å². The molecule has 0 bridgehead atoms. The van der Waals surface area contributed by atoms with Crippen molar-refractivity contribution in [2.45, 2.75) is 0 Å². The molecule has 0 saturated heterocycles. The standard InChI is InChI=1S/C12H8BrFN2O3/c13-8-5-6(1-2-9(8)14)19-11-10(15)7(12(17)18)3-4-16-11/h1-5H,15H2,(H,17,18). The van der Waals surface area contributed by atoms with Gasteiger partial charge in [0.2, 0.25) is 5.88 Å². The summed E-state index contributed by atoms with van der Waals surface area (Å²) in [4.78, 5) is 14.8. The maximum absolute atomic E-state index is 13.1. The Morgan fingerprint density at radius 2 is 2.16 bits per heavy atom. The van der Waals surface area contributed by atoms with Gasteiger partial charge in [0.15, 0.2) is 0 Å². The van der Waals surface area contributed by atoms with Crippen LogP contribution < -0.4 is 10.5 Å². The number of carbonyl (C=O) groups is 1. The van der Waals surface area contributed by atoms with Crippen LogP contribution in [0.1, 0.15) is 10.4 Å². The number of nitrogens with two attached hydrogens (primary N) is 1. The SMILES string of the molecule is Nc1c(C(=O)O)ccnc1Oc1ccc(F)c(Br)c1. The van der Waals surface area contributed by atoms with E-state index in [0.29, 0.717) is 0 Å². The van der Waals surface area contributed by atoms with Gasteiger partial charge in [-0.15, -0.1) is 0 Å². The molecule has 0 fully saturated rings. The number of halogens is 2. The van der Waals surface area contributed by atoms with E-state index in [1.54, 1.807) is 0 Å². The average Bonchev–Trinajstić information content (AvgIpc) is 2.36. The maximum Gasteiger partial charge on any atom is 0.338 e. The number of carboxylic acid groups (broad SMARTS) is 1. The topological polar surface area (TPSA) is 85.4 Å². The molecule has 1 aromatic heterocycles. The van der Waals surface area contributed by atoms with E-state index in [0.717, 1.165) is 0 Å². The number of ether oxygens (including phenoxy) is 1. The normalized spacial score (nSPS) is 10.2. The molecule has 0 aliphatic heterocycles. The van der Waals surface area contributed by atoms with Gasteiger partial charge in [-0.2, -0.15) is 0 Å². The molecule has 1 heterocycles. The summed E-state index contributed by atoms with van der Waals surface area (Å²) in [5.41, 5.74) is 5.45. The minimum Gasteiger partial charge on any atom is -0.478 e. The molecule has 2 rings (SSSR count). The summed E-state index contributed by atoms with van der Waals surface area (Å²) in [7, 11) is 0. The highest BCUT2D eigenvalue weighted by molar-refractivity contribution is 9.10. The van der Waals surface area contributed by atoms with E-state index in [9.17, 15) is 9.18 Å². The van der Waals surface area contributed by atoms with E-state index in [4.69, 9.17) is 15.6 Å². The minimum atomic E-state index is -1.18. The summed E-state index contributed by atoms with van der Waals surface area (Å²) in [6.45, 7) is 0. The molecule has 0 spiro atoms. The predicted octanol–water partition coefficient (Wildman–Crippen LogP) is 3.06. The molecule has 98 valence electrons. The second-order valence-corrected chi connectivity index (χ2v) is 4.41. The summed E-state index contributed by atoms with van der Waals surface area (Å²) in [6, 6.07) is 5.25. The minimum absolute atomic E-state index is 0.0431. The maximum atomic E-state index is 13.1. The number of nitrogens with zero attached hydrogens (tertiary/aromatic N) is 1. The third-order valence-electron chi connectivity index (χ3n) is 2.29. The van der Waals surface area contributed by atoms with Crippen LogP contribution in [0, 0.1) is 5.82 Å². The Hall–Kier alpha value is -2.15. The second-order valence-electron chi connectivity index (χ2n) is 3.56. The third kappa shape index (κ3) is 2.82. The Morgan fingerprint density at radius 3 is 2.79 bits per heavy atom. The lowest BCUT2D eigenvalue weighted by molar-refractivity contribution is 0.0697. The summed E-state index contributed by atoms with van der Waals surface area (Å²) >= 11 is 3.01. The van der Waals surface area contributed by atoms with Gasteiger partial charge in [-0.25, -0.2) is 14.2 Å². The molecule has 0 radical (unpaired) electrons. The average molecular weight is 327 g/mol. The Bertz CT molecular complexity index is 649. The van der Waals surface area contributed by atoms with Crippen LogP contribution in [-0.4, -0.2) is 16.1 Å². The predicted molar refractivity (Wildman–Crippen MR) is 69.8 cm³/mol. The van der Waals surface area contributed by atoms with Crippen molar-refractivity contribution in [2.24, 2.45) is 0 Å². The zero-order chi connectivity index (χ0) is 14.0. The molecule has 19 heavy (non-hydrogen) atoms. The molecule has 0 unspecified atom stereocenters. The Kier molecular flexibility index (Phi) is 3.66. The largest absolute Gasteiger partial charge is 0.478 e. The number of carboxylic acids is 1. The first-order chi connectivity index (χ1) is 8.99. The third-order valence-corrected chi connectivity index (χ3v) is 2.90. The molecular formula is C12H8BrFN2O3. The molecular weight excluding hydrogens is 319 g/mol. The number of pyridine rings is 1. The lowest BCUT2D eigenvalue weighted by Gasteiger charge is -2.09. The van der Waals surface area contributed by atoms with Crippen LogP contribution >= 0.6 is 15.9 Å².